The van der Waals surface area contributed by atoms with Gasteiger partial charge in [0.1, 0.15) is 5.01 Å². The summed E-state index contributed by atoms with van der Waals surface area (Å²) in [5, 5.41) is 11.0. The average Bonchev–Trinajstić information content (AvgIpc) is 3.34. The predicted octanol–water partition coefficient (Wildman–Crippen LogP) is 6.78. The second kappa shape index (κ2) is 10.7. The Bertz CT molecular complexity index is 1680. The first-order valence-electron chi connectivity index (χ1n) is 12.0. The lowest BCUT2D eigenvalue weighted by Crippen LogP contribution is -2.04. The smallest absolute Gasteiger partial charge is 0.307 e. The third-order valence-corrected chi connectivity index (χ3v) is 7.69. The normalized spacial score (nSPS) is 11.7. The van der Waals surface area contributed by atoms with Crippen molar-refractivity contribution >= 4 is 44.7 Å². The van der Waals surface area contributed by atoms with Crippen LogP contribution in [-0.4, -0.2) is 31.0 Å². The molecule has 0 unspecified atom stereocenters. The van der Waals surface area contributed by atoms with E-state index in [1.807, 2.05) is 56.3 Å². The molecule has 5 rings (SSSR count). The van der Waals surface area contributed by atoms with Gasteiger partial charge < -0.3 is 10.8 Å². The number of fused-ring (bicyclic) bond motifs is 1. The summed E-state index contributed by atoms with van der Waals surface area (Å²) in [5.41, 5.74) is 13.2. The van der Waals surface area contributed by atoms with E-state index in [2.05, 4.69) is 15.0 Å². The van der Waals surface area contributed by atoms with Crippen molar-refractivity contribution in [1.82, 2.24) is 19.9 Å². The van der Waals surface area contributed by atoms with Crippen LogP contribution in [0.2, 0.25) is 5.02 Å². The van der Waals surface area contributed by atoms with Crippen LogP contribution >= 0.6 is 22.9 Å². The van der Waals surface area contributed by atoms with Gasteiger partial charge in [0.05, 0.1) is 22.3 Å². The molecule has 38 heavy (non-hydrogen) atoms. The minimum absolute atomic E-state index is 0.0819. The third kappa shape index (κ3) is 5.01. The van der Waals surface area contributed by atoms with E-state index >= 15 is 0 Å². The molecule has 7 nitrogen and oxygen atoms in total. The Labute approximate surface area is 228 Å². The molecule has 3 heterocycles. The maximum absolute atomic E-state index is 11.7. The van der Waals surface area contributed by atoms with Gasteiger partial charge in [0.15, 0.2) is 5.82 Å². The lowest BCUT2D eigenvalue weighted by molar-refractivity contribution is -0.136. The van der Waals surface area contributed by atoms with Gasteiger partial charge in [-0.25, -0.2) is 15.0 Å². The number of aryl methyl sites for hydroxylation is 1. The summed E-state index contributed by atoms with van der Waals surface area (Å²) in [7, 11) is 0. The summed E-state index contributed by atoms with van der Waals surface area (Å²) in [4.78, 5) is 30.1. The molecule has 0 atom stereocenters. The molecule has 0 aliphatic carbocycles. The first kappa shape index (κ1) is 25.5. The van der Waals surface area contributed by atoms with E-state index in [0.717, 1.165) is 66.3 Å². The fourth-order valence-corrected chi connectivity index (χ4v) is 5.62. The molecule has 9 heteroatoms. The van der Waals surface area contributed by atoms with Gasteiger partial charge in [0.25, 0.3) is 0 Å². The number of halogens is 1. The van der Waals surface area contributed by atoms with Crippen LogP contribution in [0.25, 0.3) is 48.7 Å². The van der Waals surface area contributed by atoms with Crippen LogP contribution in [0.15, 0.2) is 67.3 Å². The summed E-state index contributed by atoms with van der Waals surface area (Å²) >= 11 is 7.66. The van der Waals surface area contributed by atoms with Crippen LogP contribution in [0.1, 0.15) is 30.3 Å². The fourth-order valence-electron chi connectivity index (χ4n) is 4.36. The maximum atomic E-state index is 11.7. The average molecular weight is 542 g/mol. The number of aromatic nitrogens is 4. The maximum Gasteiger partial charge on any atom is 0.307 e. The van der Waals surface area contributed by atoms with Crippen LogP contribution in [-0.2, 0) is 11.2 Å². The Hall–Kier alpha value is -4.14. The van der Waals surface area contributed by atoms with E-state index in [1.165, 1.54) is 17.5 Å². The molecule has 0 fully saturated rings. The highest BCUT2D eigenvalue weighted by atomic mass is 35.5. The Morgan fingerprint density at radius 3 is 2.45 bits per heavy atom. The molecule has 0 bridgehead atoms. The number of nitrogens with two attached hydrogens (primary N) is 1. The molecular weight excluding hydrogens is 518 g/mol. The second-order valence-corrected chi connectivity index (χ2v) is 10.2. The lowest BCUT2D eigenvalue weighted by atomic mass is 9.93. The van der Waals surface area contributed by atoms with Crippen LogP contribution in [0.4, 0.5) is 0 Å². The van der Waals surface area contributed by atoms with Crippen molar-refractivity contribution in [3.8, 4) is 33.0 Å². The summed E-state index contributed by atoms with van der Waals surface area (Å²) in [6.45, 7) is 3.93. The van der Waals surface area contributed by atoms with Crippen molar-refractivity contribution in [2.24, 2.45) is 5.73 Å². The minimum atomic E-state index is -0.882. The van der Waals surface area contributed by atoms with Gasteiger partial charge in [0.2, 0.25) is 0 Å². The number of carboxylic acid groups (broad SMARTS) is 1. The number of rotatable bonds is 7. The Balaban J connectivity index is 1.61. The molecule has 3 aromatic heterocycles. The first-order chi connectivity index (χ1) is 18.4. The van der Waals surface area contributed by atoms with E-state index in [4.69, 9.17) is 22.3 Å². The molecule has 5 aromatic rings. The second-order valence-electron chi connectivity index (χ2n) is 8.76. The van der Waals surface area contributed by atoms with Gasteiger partial charge in [-0.1, -0.05) is 30.7 Å². The highest BCUT2D eigenvalue weighted by Crippen LogP contribution is 2.41. The molecule has 0 saturated heterocycles. The van der Waals surface area contributed by atoms with Crippen molar-refractivity contribution in [2.75, 3.05) is 0 Å². The molecule has 2 aromatic carbocycles. The van der Waals surface area contributed by atoms with Gasteiger partial charge in [0, 0.05) is 52.1 Å². The zero-order valence-corrected chi connectivity index (χ0v) is 22.3. The number of benzene rings is 2. The SMILES string of the molecule is CC/C(=C/N)c1ncc(-c2cc(-c3nc4cc(C)c(CC(=O)O)c(-c5ccc(Cl)cc5)c4s3)ccn2)cn1. The van der Waals surface area contributed by atoms with E-state index in [-0.39, 0.29) is 6.42 Å². The summed E-state index contributed by atoms with van der Waals surface area (Å²) < 4.78 is 0.927. The van der Waals surface area contributed by atoms with E-state index in [0.29, 0.717) is 10.8 Å². The number of carbonyl (C=O) groups is 1. The Kier molecular flexibility index (Phi) is 7.18. The molecule has 3 N–H and O–H groups in total. The van der Waals surface area contributed by atoms with Gasteiger partial charge in [-0.15, -0.1) is 11.3 Å². The highest BCUT2D eigenvalue weighted by Gasteiger charge is 2.20. The van der Waals surface area contributed by atoms with Gasteiger partial charge in [-0.05, 0) is 60.4 Å². The van der Waals surface area contributed by atoms with Crippen molar-refractivity contribution in [2.45, 2.75) is 26.7 Å². The molecule has 0 amide bonds. The number of hydrogen-bond acceptors (Lipinski definition) is 7. The number of carboxylic acids is 1. The number of hydrogen-bond donors (Lipinski definition) is 2. The van der Waals surface area contributed by atoms with Gasteiger partial charge in [-0.3, -0.25) is 9.78 Å². The molecule has 190 valence electrons. The van der Waals surface area contributed by atoms with Crippen molar-refractivity contribution in [3.05, 3.63) is 89.2 Å². The third-order valence-electron chi connectivity index (χ3n) is 6.30. The minimum Gasteiger partial charge on any atom is -0.481 e. The van der Waals surface area contributed by atoms with Crippen molar-refractivity contribution in [3.63, 3.8) is 0 Å². The number of pyridine rings is 1. The van der Waals surface area contributed by atoms with E-state index in [1.54, 1.807) is 18.6 Å². The summed E-state index contributed by atoms with van der Waals surface area (Å²) in [5.74, 6) is -0.282. The van der Waals surface area contributed by atoms with Crippen molar-refractivity contribution in [1.29, 1.82) is 0 Å². The van der Waals surface area contributed by atoms with Gasteiger partial charge >= 0.3 is 5.97 Å². The molecule has 0 radical (unpaired) electrons. The Morgan fingerprint density at radius 2 is 1.79 bits per heavy atom. The number of thiazole rings is 1. The van der Waals surface area contributed by atoms with Crippen LogP contribution in [0, 0.1) is 6.92 Å². The largest absolute Gasteiger partial charge is 0.481 e. The molecule has 0 aliphatic rings. The zero-order chi connectivity index (χ0) is 26.8. The monoisotopic (exact) mass is 541 g/mol. The van der Waals surface area contributed by atoms with Crippen molar-refractivity contribution < 1.29 is 9.90 Å². The predicted molar refractivity (Wildman–Crippen MR) is 153 cm³/mol. The lowest BCUT2D eigenvalue weighted by Gasteiger charge is -2.13. The quantitative estimate of drug-likeness (QED) is 0.233. The molecular formula is C29H24ClN5O2S. The van der Waals surface area contributed by atoms with Gasteiger partial charge in [-0.2, -0.15) is 0 Å². The number of aliphatic carboxylic acids is 1. The molecule has 0 saturated carbocycles. The topological polar surface area (TPSA) is 115 Å². The molecule has 0 spiro atoms. The Morgan fingerprint density at radius 1 is 1.05 bits per heavy atom. The highest BCUT2D eigenvalue weighted by molar-refractivity contribution is 7.22. The first-order valence-corrected chi connectivity index (χ1v) is 13.2. The standard InChI is InChI=1S/C29H24ClN5O2S/c1-3-17(13-31)28-33-14-20(15-34-28)23-11-19(8-9-32-23)29-35-24-10-16(2)22(12-25(36)37)26(27(24)38-29)18-4-6-21(30)7-5-18/h4-11,13-15H,3,12,31H2,1-2H3,(H,36,37)/b17-13-. The fraction of sp³-hybridized carbons (Fsp3) is 0.138. The summed E-state index contributed by atoms with van der Waals surface area (Å²) in [6.07, 6.45) is 7.42. The summed E-state index contributed by atoms with van der Waals surface area (Å²) in [6, 6.07) is 13.3. The number of allylic oxidation sites excluding steroid dienone is 1. The zero-order valence-electron chi connectivity index (χ0n) is 20.8. The van der Waals surface area contributed by atoms with E-state index in [9.17, 15) is 9.90 Å². The molecule has 0 aliphatic heterocycles. The van der Waals surface area contributed by atoms with Crippen LogP contribution in [0.5, 0.6) is 0 Å². The van der Waals surface area contributed by atoms with E-state index < -0.39 is 5.97 Å². The van der Waals surface area contributed by atoms with Crippen LogP contribution in [0.3, 0.4) is 0 Å². The number of nitrogens with zero attached hydrogens (tertiary/aromatic N) is 4. The van der Waals surface area contributed by atoms with Crippen LogP contribution < -0.4 is 5.73 Å².